The van der Waals surface area contributed by atoms with Crippen LogP contribution in [0.5, 0.6) is 0 Å². The van der Waals surface area contributed by atoms with Crippen molar-refractivity contribution in [2.75, 3.05) is 26.2 Å². The van der Waals surface area contributed by atoms with Gasteiger partial charge in [-0.25, -0.2) is 0 Å². The molecule has 1 aliphatic heterocycles. The van der Waals surface area contributed by atoms with Crippen molar-refractivity contribution in [3.8, 4) is 0 Å². The van der Waals surface area contributed by atoms with E-state index in [1.807, 2.05) is 20.8 Å². The molecule has 94 valence electrons. The van der Waals surface area contributed by atoms with Gasteiger partial charge >= 0.3 is 0 Å². The number of nitrogens with zero attached hydrogens (tertiary/aromatic N) is 1. The fourth-order valence-corrected chi connectivity index (χ4v) is 1.95. The maximum absolute atomic E-state index is 11.6. The van der Waals surface area contributed by atoms with E-state index in [1.165, 1.54) is 32.4 Å². The Labute approximate surface area is 99.6 Å². The first-order valence-corrected chi connectivity index (χ1v) is 6.51. The van der Waals surface area contributed by atoms with Crippen LogP contribution in [0.3, 0.4) is 0 Å². The summed E-state index contributed by atoms with van der Waals surface area (Å²) in [6, 6.07) is 0. The molecule has 1 N–H and O–H groups in total. The molecule has 0 atom stereocenters. The fraction of sp³-hybridized carbons (Fsp3) is 0.923. The molecule has 0 spiro atoms. The van der Waals surface area contributed by atoms with Crippen molar-refractivity contribution in [1.29, 1.82) is 0 Å². The Hall–Kier alpha value is -0.570. The Morgan fingerprint density at radius 1 is 1.19 bits per heavy atom. The van der Waals surface area contributed by atoms with Crippen molar-refractivity contribution in [1.82, 2.24) is 10.2 Å². The summed E-state index contributed by atoms with van der Waals surface area (Å²) < 4.78 is 0. The summed E-state index contributed by atoms with van der Waals surface area (Å²) in [5.74, 6) is 0.158. The number of nitrogens with one attached hydrogen (secondary N) is 1. The zero-order valence-electron chi connectivity index (χ0n) is 11.0. The van der Waals surface area contributed by atoms with Crippen LogP contribution < -0.4 is 5.32 Å². The van der Waals surface area contributed by atoms with E-state index in [4.69, 9.17) is 0 Å². The first kappa shape index (κ1) is 13.5. The minimum atomic E-state index is -0.259. The van der Waals surface area contributed by atoms with Crippen molar-refractivity contribution in [2.45, 2.75) is 46.5 Å². The Kier molecular flexibility index (Phi) is 5.26. The highest BCUT2D eigenvalue weighted by Gasteiger charge is 2.20. The van der Waals surface area contributed by atoms with Gasteiger partial charge in [-0.05, 0) is 38.9 Å². The standard InChI is InChI=1S/C13H26N2O/c1-13(2,3)12(16)14-8-7-11-15-9-5-4-6-10-15/h4-11H2,1-3H3,(H,14,16). The van der Waals surface area contributed by atoms with Crippen LogP contribution in [0.1, 0.15) is 46.5 Å². The minimum absolute atomic E-state index is 0.158. The number of likely N-dealkylation sites (tertiary alicyclic amines) is 1. The maximum atomic E-state index is 11.6. The molecular weight excluding hydrogens is 200 g/mol. The molecule has 0 aliphatic carbocycles. The number of carbonyl (C=O) groups excluding carboxylic acids is 1. The molecule has 1 rings (SSSR count). The lowest BCUT2D eigenvalue weighted by Crippen LogP contribution is -2.37. The van der Waals surface area contributed by atoms with E-state index in [9.17, 15) is 4.79 Å². The molecule has 3 heteroatoms. The number of piperidine rings is 1. The van der Waals surface area contributed by atoms with Gasteiger partial charge in [0.05, 0.1) is 0 Å². The highest BCUT2D eigenvalue weighted by molar-refractivity contribution is 5.81. The molecule has 16 heavy (non-hydrogen) atoms. The number of hydrogen-bond acceptors (Lipinski definition) is 2. The van der Waals surface area contributed by atoms with Crippen molar-refractivity contribution in [3.63, 3.8) is 0 Å². The molecule has 0 bridgehead atoms. The normalized spacial score (nSPS) is 18.4. The average molecular weight is 226 g/mol. The highest BCUT2D eigenvalue weighted by Crippen LogP contribution is 2.12. The Morgan fingerprint density at radius 3 is 2.38 bits per heavy atom. The number of hydrogen-bond donors (Lipinski definition) is 1. The largest absolute Gasteiger partial charge is 0.356 e. The summed E-state index contributed by atoms with van der Waals surface area (Å²) in [4.78, 5) is 14.1. The van der Waals surface area contributed by atoms with E-state index in [2.05, 4.69) is 10.2 Å². The number of rotatable bonds is 4. The van der Waals surface area contributed by atoms with Crippen LogP contribution in [0.15, 0.2) is 0 Å². The van der Waals surface area contributed by atoms with E-state index in [0.717, 1.165) is 19.5 Å². The van der Waals surface area contributed by atoms with Crippen molar-refractivity contribution < 1.29 is 4.79 Å². The quantitative estimate of drug-likeness (QED) is 0.744. The molecule has 0 aromatic carbocycles. The van der Waals surface area contributed by atoms with Crippen molar-refractivity contribution >= 4 is 5.91 Å². The van der Waals surface area contributed by atoms with Gasteiger partial charge in [0.25, 0.3) is 0 Å². The summed E-state index contributed by atoms with van der Waals surface area (Å²) in [5, 5.41) is 3.00. The monoisotopic (exact) mass is 226 g/mol. The summed E-state index contributed by atoms with van der Waals surface area (Å²) in [6.45, 7) is 10.3. The molecule has 1 aliphatic rings. The van der Waals surface area contributed by atoms with Gasteiger partial charge in [0.2, 0.25) is 5.91 Å². The van der Waals surface area contributed by atoms with Crippen LogP contribution in [0, 0.1) is 5.41 Å². The molecule has 0 saturated carbocycles. The van der Waals surface area contributed by atoms with Crippen molar-refractivity contribution in [2.24, 2.45) is 5.41 Å². The van der Waals surface area contributed by atoms with E-state index in [-0.39, 0.29) is 11.3 Å². The van der Waals surface area contributed by atoms with Crippen LogP contribution in [-0.4, -0.2) is 37.0 Å². The topological polar surface area (TPSA) is 32.3 Å². The van der Waals surface area contributed by atoms with Gasteiger partial charge in [0.1, 0.15) is 0 Å². The van der Waals surface area contributed by atoms with Gasteiger partial charge in [-0.3, -0.25) is 4.79 Å². The molecule has 0 unspecified atom stereocenters. The number of amides is 1. The van der Waals surface area contributed by atoms with Crippen LogP contribution in [0.4, 0.5) is 0 Å². The third-order valence-electron chi connectivity index (χ3n) is 3.07. The summed E-state index contributed by atoms with van der Waals surface area (Å²) in [6.07, 6.45) is 5.14. The lowest BCUT2D eigenvalue weighted by molar-refractivity contribution is -0.128. The fourth-order valence-electron chi connectivity index (χ4n) is 1.95. The van der Waals surface area contributed by atoms with Crippen molar-refractivity contribution in [3.05, 3.63) is 0 Å². The second kappa shape index (κ2) is 6.24. The molecule has 3 nitrogen and oxygen atoms in total. The molecule has 0 aromatic rings. The lowest BCUT2D eigenvalue weighted by atomic mass is 9.96. The Balaban J connectivity index is 2.05. The third kappa shape index (κ3) is 4.97. The summed E-state index contributed by atoms with van der Waals surface area (Å²) in [7, 11) is 0. The van der Waals surface area contributed by atoms with Gasteiger partial charge in [-0.2, -0.15) is 0 Å². The van der Waals surface area contributed by atoms with E-state index in [1.54, 1.807) is 0 Å². The molecule has 1 amide bonds. The molecule has 1 saturated heterocycles. The molecule has 0 aromatic heterocycles. The van der Waals surface area contributed by atoms with Gasteiger partial charge < -0.3 is 10.2 Å². The van der Waals surface area contributed by atoms with E-state index in [0.29, 0.717) is 0 Å². The molecule has 1 heterocycles. The molecular formula is C13H26N2O. The Bertz CT molecular complexity index is 214. The van der Waals surface area contributed by atoms with Gasteiger partial charge in [-0.1, -0.05) is 27.2 Å². The SMILES string of the molecule is CC(C)(C)C(=O)NCCCN1CCCCC1. The first-order chi connectivity index (χ1) is 7.50. The lowest BCUT2D eigenvalue weighted by Gasteiger charge is -2.26. The van der Waals surface area contributed by atoms with Crippen LogP contribution in [-0.2, 0) is 4.79 Å². The zero-order chi connectivity index (χ0) is 12.0. The average Bonchev–Trinajstić information content (AvgIpc) is 2.24. The summed E-state index contributed by atoms with van der Waals surface area (Å²) >= 11 is 0. The van der Waals surface area contributed by atoms with Crippen LogP contribution in [0.25, 0.3) is 0 Å². The Morgan fingerprint density at radius 2 is 1.81 bits per heavy atom. The van der Waals surface area contributed by atoms with Gasteiger partial charge in [0.15, 0.2) is 0 Å². The summed E-state index contributed by atoms with van der Waals surface area (Å²) in [5.41, 5.74) is -0.259. The van der Waals surface area contributed by atoms with Crippen LogP contribution in [0.2, 0.25) is 0 Å². The minimum Gasteiger partial charge on any atom is -0.356 e. The van der Waals surface area contributed by atoms with E-state index >= 15 is 0 Å². The van der Waals surface area contributed by atoms with E-state index < -0.39 is 0 Å². The second-order valence-corrected chi connectivity index (χ2v) is 5.76. The molecule has 0 radical (unpaired) electrons. The van der Waals surface area contributed by atoms with Crippen LogP contribution >= 0.6 is 0 Å². The van der Waals surface area contributed by atoms with Gasteiger partial charge in [-0.15, -0.1) is 0 Å². The molecule has 1 fully saturated rings. The second-order valence-electron chi connectivity index (χ2n) is 5.76. The smallest absolute Gasteiger partial charge is 0.225 e. The maximum Gasteiger partial charge on any atom is 0.225 e. The first-order valence-electron chi connectivity index (χ1n) is 6.51. The predicted octanol–water partition coefficient (Wildman–Crippen LogP) is 2.02. The highest BCUT2D eigenvalue weighted by atomic mass is 16.2. The zero-order valence-corrected chi connectivity index (χ0v) is 11.0. The van der Waals surface area contributed by atoms with Gasteiger partial charge in [0, 0.05) is 12.0 Å². The number of carbonyl (C=O) groups is 1. The third-order valence-corrected chi connectivity index (χ3v) is 3.07. The predicted molar refractivity (Wildman–Crippen MR) is 67.4 cm³/mol.